The van der Waals surface area contributed by atoms with E-state index in [4.69, 9.17) is 11.6 Å². The normalized spacial score (nSPS) is 15.8. The number of amides is 1. The molecule has 3 rings (SSSR count). The lowest BCUT2D eigenvalue weighted by atomic mass is 10.2. The number of halogens is 1. The zero-order chi connectivity index (χ0) is 18.0. The number of nitrogens with zero attached hydrogens (tertiary/aromatic N) is 3. The van der Waals surface area contributed by atoms with E-state index in [0.717, 1.165) is 41.3 Å². The lowest BCUT2D eigenvalue weighted by Gasteiger charge is -2.17. The molecule has 2 heterocycles. The molecule has 0 aliphatic heterocycles. The summed E-state index contributed by atoms with van der Waals surface area (Å²) in [5, 5.41) is 7.05. The van der Waals surface area contributed by atoms with Crippen LogP contribution in [0.15, 0.2) is 28.6 Å². The topological polar surface area (TPSA) is 84.3 Å². The van der Waals surface area contributed by atoms with Gasteiger partial charge in [-0.05, 0) is 25.0 Å². The van der Waals surface area contributed by atoms with Crippen LogP contribution in [0.5, 0.6) is 0 Å². The molecule has 0 bridgehead atoms. The lowest BCUT2D eigenvalue weighted by Crippen LogP contribution is -2.35. The van der Waals surface area contributed by atoms with Gasteiger partial charge < -0.3 is 5.32 Å². The highest BCUT2D eigenvalue weighted by Gasteiger charge is 2.26. The molecule has 2 aromatic rings. The minimum absolute atomic E-state index is 0.115. The molecule has 7 nitrogen and oxygen atoms in total. The minimum Gasteiger partial charge on any atom is -0.310 e. The maximum atomic E-state index is 12.4. The quantitative estimate of drug-likeness (QED) is 0.804. The van der Waals surface area contributed by atoms with Gasteiger partial charge >= 0.3 is 0 Å². The van der Waals surface area contributed by atoms with Crippen molar-refractivity contribution < 1.29 is 13.2 Å². The van der Waals surface area contributed by atoms with Gasteiger partial charge in [-0.3, -0.25) is 4.79 Å². The molecule has 0 atom stereocenters. The number of hydrogen-bond acceptors (Lipinski definition) is 5. The number of likely N-dealkylation sites (N-methyl/N-ethyl adjacent to an activating group) is 1. The van der Waals surface area contributed by atoms with E-state index in [-0.39, 0.29) is 10.8 Å². The Hall–Kier alpha value is -1.42. The van der Waals surface area contributed by atoms with Crippen LogP contribution in [0.25, 0.3) is 0 Å². The summed E-state index contributed by atoms with van der Waals surface area (Å²) < 4.78 is 28.2. The number of nitrogens with one attached hydrogen (secondary N) is 1. The minimum atomic E-state index is -3.73. The monoisotopic (exact) mass is 402 g/mol. The second-order valence-electron chi connectivity index (χ2n) is 5.97. The lowest BCUT2D eigenvalue weighted by molar-refractivity contribution is -0.116. The Morgan fingerprint density at radius 1 is 1.40 bits per heavy atom. The van der Waals surface area contributed by atoms with Gasteiger partial charge in [-0.15, -0.1) is 11.3 Å². The zero-order valence-corrected chi connectivity index (χ0v) is 16.1. The fourth-order valence-electron chi connectivity index (χ4n) is 2.91. The third-order valence-corrected chi connectivity index (χ3v) is 7.69. The molecule has 1 saturated carbocycles. The molecule has 2 aromatic heterocycles. The summed E-state index contributed by atoms with van der Waals surface area (Å²) in [7, 11) is -2.36. The van der Waals surface area contributed by atoms with Gasteiger partial charge in [-0.2, -0.15) is 9.40 Å². The zero-order valence-electron chi connectivity index (χ0n) is 13.7. The molecule has 136 valence electrons. The first kappa shape index (κ1) is 18.4. The second-order valence-corrected chi connectivity index (χ2v) is 9.95. The van der Waals surface area contributed by atoms with Crippen LogP contribution in [0.1, 0.15) is 31.7 Å². The molecule has 0 aromatic carbocycles. The Morgan fingerprint density at radius 3 is 2.76 bits per heavy atom. The second kappa shape index (κ2) is 7.45. The molecule has 10 heteroatoms. The van der Waals surface area contributed by atoms with Crippen LogP contribution in [-0.4, -0.2) is 42.0 Å². The molecule has 1 fully saturated rings. The van der Waals surface area contributed by atoms with Crippen LogP contribution >= 0.6 is 22.9 Å². The third kappa shape index (κ3) is 4.05. The predicted molar refractivity (Wildman–Crippen MR) is 97.5 cm³/mol. The summed E-state index contributed by atoms with van der Waals surface area (Å²) in [6.07, 6.45) is 6.03. The van der Waals surface area contributed by atoms with Gasteiger partial charge in [0.25, 0.3) is 10.0 Å². The van der Waals surface area contributed by atoms with Crippen LogP contribution in [0.4, 0.5) is 5.82 Å². The summed E-state index contributed by atoms with van der Waals surface area (Å²) >= 11 is 6.76. The third-order valence-electron chi connectivity index (χ3n) is 4.19. The number of thiophene rings is 1. The van der Waals surface area contributed by atoms with Gasteiger partial charge in [0.2, 0.25) is 5.91 Å². The van der Waals surface area contributed by atoms with E-state index < -0.39 is 15.9 Å². The van der Waals surface area contributed by atoms with Crippen molar-refractivity contribution in [3.8, 4) is 0 Å². The van der Waals surface area contributed by atoms with Gasteiger partial charge in [-0.1, -0.05) is 24.4 Å². The van der Waals surface area contributed by atoms with E-state index in [2.05, 4.69) is 10.4 Å². The van der Waals surface area contributed by atoms with Crippen molar-refractivity contribution in [1.82, 2.24) is 14.1 Å². The molecular weight excluding hydrogens is 384 g/mol. The first-order valence-electron chi connectivity index (χ1n) is 7.93. The van der Waals surface area contributed by atoms with E-state index >= 15 is 0 Å². The number of carbonyl (C=O) groups excluding carboxylic acids is 1. The van der Waals surface area contributed by atoms with Crippen molar-refractivity contribution in [3.63, 3.8) is 0 Å². The Bertz CT molecular complexity index is 856. The number of anilines is 1. The molecule has 1 N–H and O–H groups in total. The molecule has 1 aliphatic rings. The van der Waals surface area contributed by atoms with Gasteiger partial charge in [0.15, 0.2) is 0 Å². The van der Waals surface area contributed by atoms with Crippen LogP contribution in [0.2, 0.25) is 4.34 Å². The smallest absolute Gasteiger partial charge is 0.252 e. The highest BCUT2D eigenvalue weighted by atomic mass is 35.5. The number of aromatic nitrogens is 2. The number of hydrogen-bond donors (Lipinski definition) is 1. The van der Waals surface area contributed by atoms with Gasteiger partial charge in [0.1, 0.15) is 10.0 Å². The van der Waals surface area contributed by atoms with E-state index in [1.165, 1.54) is 19.2 Å². The maximum absolute atomic E-state index is 12.4. The van der Waals surface area contributed by atoms with E-state index in [9.17, 15) is 13.2 Å². The van der Waals surface area contributed by atoms with Gasteiger partial charge in [-0.25, -0.2) is 13.1 Å². The predicted octanol–water partition coefficient (Wildman–Crippen LogP) is 2.97. The van der Waals surface area contributed by atoms with Crippen molar-refractivity contribution in [1.29, 1.82) is 0 Å². The Labute approximate surface area is 155 Å². The average Bonchev–Trinajstić information content (AvgIpc) is 3.27. The number of carbonyl (C=O) groups is 1. The van der Waals surface area contributed by atoms with Crippen molar-refractivity contribution in [2.24, 2.45) is 0 Å². The summed E-state index contributed by atoms with van der Waals surface area (Å²) in [4.78, 5) is 12.3. The van der Waals surface area contributed by atoms with Crippen LogP contribution in [0.3, 0.4) is 0 Å². The molecule has 1 amide bonds. The first-order valence-corrected chi connectivity index (χ1v) is 10.6. The largest absolute Gasteiger partial charge is 0.310 e. The average molecular weight is 403 g/mol. The fourth-order valence-corrected chi connectivity index (χ4v) is 5.73. The van der Waals surface area contributed by atoms with E-state index in [1.54, 1.807) is 12.3 Å². The van der Waals surface area contributed by atoms with Gasteiger partial charge in [0.05, 0.1) is 23.1 Å². The molecular formula is C15H19ClN4O3S2. The molecule has 0 saturated heterocycles. The van der Waals surface area contributed by atoms with E-state index in [1.807, 2.05) is 4.68 Å². The fraction of sp³-hybridized carbons (Fsp3) is 0.467. The van der Waals surface area contributed by atoms with Crippen LogP contribution < -0.4 is 5.32 Å². The molecule has 0 spiro atoms. The number of sulfonamides is 1. The van der Waals surface area contributed by atoms with Crippen molar-refractivity contribution in [2.75, 3.05) is 18.9 Å². The van der Waals surface area contributed by atoms with E-state index in [0.29, 0.717) is 16.2 Å². The first-order chi connectivity index (χ1) is 11.9. The standard InChI is InChI=1S/C15H19ClN4O3S2/c1-19(25(22,23)15-7-6-12(16)24-15)10-14(21)18-13-8-9-17-20(13)11-4-2-3-5-11/h6-9,11H,2-5,10H2,1H3,(H,18,21). The Morgan fingerprint density at radius 2 is 2.12 bits per heavy atom. The Balaban J connectivity index is 1.66. The van der Waals surface area contributed by atoms with Crippen LogP contribution in [-0.2, 0) is 14.8 Å². The molecule has 0 radical (unpaired) electrons. The Kier molecular flexibility index (Phi) is 5.47. The number of rotatable bonds is 6. The molecule has 0 unspecified atom stereocenters. The van der Waals surface area contributed by atoms with Crippen molar-refractivity contribution >= 4 is 44.7 Å². The highest BCUT2D eigenvalue weighted by Crippen LogP contribution is 2.31. The summed E-state index contributed by atoms with van der Waals surface area (Å²) in [6.45, 7) is -0.284. The van der Waals surface area contributed by atoms with Crippen molar-refractivity contribution in [3.05, 3.63) is 28.7 Å². The molecule has 1 aliphatic carbocycles. The highest BCUT2D eigenvalue weighted by molar-refractivity contribution is 7.91. The SMILES string of the molecule is CN(CC(=O)Nc1ccnn1C1CCCC1)S(=O)(=O)c1ccc(Cl)s1. The summed E-state index contributed by atoms with van der Waals surface area (Å²) in [5.74, 6) is 0.190. The van der Waals surface area contributed by atoms with Crippen LogP contribution in [0, 0.1) is 0 Å². The van der Waals surface area contributed by atoms with Crippen molar-refractivity contribution in [2.45, 2.75) is 35.9 Å². The van der Waals surface area contributed by atoms with Gasteiger partial charge in [0, 0.05) is 13.1 Å². The maximum Gasteiger partial charge on any atom is 0.252 e. The summed E-state index contributed by atoms with van der Waals surface area (Å²) in [6, 6.07) is 4.98. The summed E-state index contributed by atoms with van der Waals surface area (Å²) in [5.41, 5.74) is 0. The molecule has 25 heavy (non-hydrogen) atoms.